The van der Waals surface area contributed by atoms with E-state index in [9.17, 15) is 5.11 Å². The molecule has 0 aliphatic heterocycles. The minimum atomic E-state index is -0.271. The van der Waals surface area contributed by atoms with Gasteiger partial charge in [-0.25, -0.2) is 4.98 Å². The number of aliphatic hydroxyl groups excluding tert-OH is 1. The molecule has 2 atom stereocenters. The predicted octanol–water partition coefficient (Wildman–Crippen LogP) is 1.85. The average Bonchev–Trinajstić information content (AvgIpc) is 2.63. The maximum absolute atomic E-state index is 9.86. The molecule has 1 N–H and O–H groups in total. The van der Waals surface area contributed by atoms with Crippen LogP contribution < -0.4 is 0 Å². The van der Waals surface area contributed by atoms with Gasteiger partial charge in [0.25, 0.3) is 0 Å². The maximum Gasteiger partial charge on any atom is 0.111 e. The Kier molecular flexibility index (Phi) is 4.14. The molecule has 0 amide bonds. The van der Waals surface area contributed by atoms with Crippen molar-refractivity contribution in [2.45, 2.75) is 46.3 Å². The van der Waals surface area contributed by atoms with Crippen LogP contribution in [-0.4, -0.2) is 20.8 Å². The van der Waals surface area contributed by atoms with Crippen molar-refractivity contribution < 1.29 is 5.11 Å². The summed E-state index contributed by atoms with van der Waals surface area (Å²) in [6.07, 6.45) is 5.15. The summed E-state index contributed by atoms with van der Waals surface area (Å²) in [5, 5.41) is 9.86. The summed E-state index contributed by atoms with van der Waals surface area (Å²) < 4.78 is 2.08. The summed E-state index contributed by atoms with van der Waals surface area (Å²) >= 11 is 0. The number of imidazole rings is 1. The SMILES string of the molecule is CCC(C)C(O)Cc1nccn1CC. The molecule has 3 nitrogen and oxygen atoms in total. The Labute approximate surface area is 85.8 Å². The second kappa shape index (κ2) is 5.15. The highest BCUT2D eigenvalue weighted by Gasteiger charge is 2.15. The van der Waals surface area contributed by atoms with Crippen molar-refractivity contribution in [3.63, 3.8) is 0 Å². The topological polar surface area (TPSA) is 38.1 Å². The number of hydrogen-bond acceptors (Lipinski definition) is 2. The largest absolute Gasteiger partial charge is 0.392 e. The Morgan fingerprint density at radius 1 is 1.50 bits per heavy atom. The minimum Gasteiger partial charge on any atom is -0.392 e. The summed E-state index contributed by atoms with van der Waals surface area (Å²) in [5.74, 6) is 1.33. The molecule has 1 aromatic rings. The van der Waals surface area contributed by atoms with Crippen LogP contribution in [0.25, 0.3) is 0 Å². The summed E-state index contributed by atoms with van der Waals surface area (Å²) in [5.41, 5.74) is 0. The first-order valence-corrected chi connectivity index (χ1v) is 5.37. The van der Waals surface area contributed by atoms with E-state index in [-0.39, 0.29) is 6.10 Å². The van der Waals surface area contributed by atoms with E-state index in [1.165, 1.54) is 0 Å². The summed E-state index contributed by atoms with van der Waals surface area (Å²) in [6, 6.07) is 0. The Hall–Kier alpha value is -0.830. The van der Waals surface area contributed by atoms with Gasteiger partial charge in [0.05, 0.1) is 6.10 Å². The number of hydrogen-bond donors (Lipinski definition) is 1. The van der Waals surface area contributed by atoms with Crippen molar-refractivity contribution in [1.29, 1.82) is 0 Å². The molecule has 0 radical (unpaired) electrons. The molecular formula is C11H20N2O. The van der Waals surface area contributed by atoms with Crippen molar-refractivity contribution in [2.24, 2.45) is 5.92 Å². The number of aromatic nitrogens is 2. The van der Waals surface area contributed by atoms with Crippen molar-refractivity contribution in [1.82, 2.24) is 9.55 Å². The molecule has 0 saturated heterocycles. The highest BCUT2D eigenvalue weighted by molar-refractivity contribution is 4.94. The second-order valence-electron chi connectivity index (χ2n) is 3.79. The van der Waals surface area contributed by atoms with Crippen molar-refractivity contribution in [3.8, 4) is 0 Å². The van der Waals surface area contributed by atoms with Gasteiger partial charge in [-0.05, 0) is 12.8 Å². The summed E-state index contributed by atoms with van der Waals surface area (Å²) in [4.78, 5) is 4.25. The molecule has 0 saturated carbocycles. The first-order valence-electron chi connectivity index (χ1n) is 5.37. The number of aryl methyl sites for hydroxylation is 1. The van der Waals surface area contributed by atoms with Crippen molar-refractivity contribution >= 4 is 0 Å². The molecule has 14 heavy (non-hydrogen) atoms. The van der Waals surface area contributed by atoms with E-state index in [1.807, 2.05) is 6.20 Å². The highest BCUT2D eigenvalue weighted by Crippen LogP contribution is 2.12. The normalized spacial score (nSPS) is 15.4. The van der Waals surface area contributed by atoms with E-state index in [1.54, 1.807) is 6.20 Å². The van der Waals surface area contributed by atoms with Crippen LogP contribution in [0.4, 0.5) is 0 Å². The molecular weight excluding hydrogens is 176 g/mol. The lowest BCUT2D eigenvalue weighted by molar-refractivity contribution is 0.112. The van der Waals surface area contributed by atoms with E-state index in [0.29, 0.717) is 12.3 Å². The van der Waals surface area contributed by atoms with E-state index < -0.39 is 0 Å². The summed E-state index contributed by atoms with van der Waals surface area (Å²) in [6.45, 7) is 7.17. The molecule has 80 valence electrons. The quantitative estimate of drug-likeness (QED) is 0.780. The Morgan fingerprint density at radius 2 is 2.21 bits per heavy atom. The van der Waals surface area contributed by atoms with Gasteiger partial charge >= 0.3 is 0 Å². The van der Waals surface area contributed by atoms with Gasteiger partial charge in [-0.15, -0.1) is 0 Å². The van der Waals surface area contributed by atoms with Gasteiger partial charge in [0, 0.05) is 25.4 Å². The standard InChI is InChI=1S/C11H20N2O/c1-4-9(3)10(14)8-11-12-6-7-13(11)5-2/h6-7,9-10,14H,4-5,8H2,1-3H3. The average molecular weight is 196 g/mol. The maximum atomic E-state index is 9.86. The van der Waals surface area contributed by atoms with E-state index in [4.69, 9.17) is 0 Å². The fourth-order valence-electron chi connectivity index (χ4n) is 1.48. The Bertz CT molecular complexity index is 270. The molecule has 1 aromatic heterocycles. The number of nitrogens with zero attached hydrogens (tertiary/aromatic N) is 2. The predicted molar refractivity (Wildman–Crippen MR) is 57.1 cm³/mol. The van der Waals surface area contributed by atoms with Gasteiger partial charge in [0.1, 0.15) is 5.82 Å². The van der Waals surface area contributed by atoms with Gasteiger partial charge in [-0.2, -0.15) is 0 Å². The van der Waals surface area contributed by atoms with Gasteiger partial charge in [-0.1, -0.05) is 20.3 Å². The molecule has 0 aliphatic carbocycles. The van der Waals surface area contributed by atoms with Gasteiger partial charge < -0.3 is 9.67 Å². The van der Waals surface area contributed by atoms with Crippen LogP contribution in [0, 0.1) is 5.92 Å². The van der Waals surface area contributed by atoms with Gasteiger partial charge in [0.15, 0.2) is 0 Å². The van der Waals surface area contributed by atoms with Crippen LogP contribution >= 0.6 is 0 Å². The van der Waals surface area contributed by atoms with Gasteiger partial charge in [-0.3, -0.25) is 0 Å². The molecule has 0 fully saturated rings. The molecule has 2 unspecified atom stereocenters. The third-order valence-electron chi connectivity index (χ3n) is 2.83. The number of rotatable bonds is 5. The van der Waals surface area contributed by atoms with Crippen LogP contribution in [0.15, 0.2) is 12.4 Å². The fourth-order valence-corrected chi connectivity index (χ4v) is 1.48. The number of aliphatic hydroxyl groups is 1. The van der Waals surface area contributed by atoms with Crippen LogP contribution in [0.1, 0.15) is 33.0 Å². The zero-order valence-corrected chi connectivity index (χ0v) is 9.27. The fraction of sp³-hybridized carbons (Fsp3) is 0.727. The van der Waals surface area contributed by atoms with Gasteiger partial charge in [0.2, 0.25) is 0 Å². The third-order valence-corrected chi connectivity index (χ3v) is 2.83. The van der Waals surface area contributed by atoms with Crippen molar-refractivity contribution in [3.05, 3.63) is 18.2 Å². The van der Waals surface area contributed by atoms with Crippen molar-refractivity contribution in [2.75, 3.05) is 0 Å². The van der Waals surface area contributed by atoms with Crippen LogP contribution in [0.2, 0.25) is 0 Å². The Balaban J connectivity index is 2.59. The molecule has 0 aromatic carbocycles. The monoisotopic (exact) mass is 196 g/mol. The summed E-state index contributed by atoms with van der Waals surface area (Å²) in [7, 11) is 0. The molecule has 0 bridgehead atoms. The minimum absolute atomic E-state index is 0.271. The lowest BCUT2D eigenvalue weighted by atomic mass is 9.99. The lowest BCUT2D eigenvalue weighted by Gasteiger charge is -2.17. The van der Waals surface area contributed by atoms with Crippen LogP contribution in [0.3, 0.4) is 0 Å². The van der Waals surface area contributed by atoms with Crippen LogP contribution in [0.5, 0.6) is 0 Å². The first-order chi connectivity index (χ1) is 6.69. The Morgan fingerprint density at radius 3 is 2.79 bits per heavy atom. The zero-order valence-electron chi connectivity index (χ0n) is 9.27. The molecule has 1 rings (SSSR count). The van der Waals surface area contributed by atoms with E-state index >= 15 is 0 Å². The smallest absolute Gasteiger partial charge is 0.111 e. The van der Waals surface area contributed by atoms with Crippen LogP contribution in [-0.2, 0) is 13.0 Å². The van der Waals surface area contributed by atoms with E-state index in [2.05, 4.69) is 30.3 Å². The second-order valence-corrected chi connectivity index (χ2v) is 3.79. The third kappa shape index (κ3) is 2.58. The molecule has 3 heteroatoms. The van der Waals surface area contributed by atoms with E-state index in [0.717, 1.165) is 18.8 Å². The zero-order chi connectivity index (χ0) is 10.6. The molecule has 0 aliphatic rings. The highest BCUT2D eigenvalue weighted by atomic mass is 16.3. The lowest BCUT2D eigenvalue weighted by Crippen LogP contribution is -2.21. The first kappa shape index (κ1) is 11.2. The molecule has 1 heterocycles. The molecule has 0 spiro atoms.